The molecule has 1 aromatic heterocycles. The van der Waals surface area contributed by atoms with Crippen LogP contribution in [0.3, 0.4) is 0 Å². The lowest BCUT2D eigenvalue weighted by Gasteiger charge is -2.47. The van der Waals surface area contributed by atoms with Crippen molar-refractivity contribution in [3.63, 3.8) is 0 Å². The van der Waals surface area contributed by atoms with Gasteiger partial charge in [0.1, 0.15) is 5.82 Å². The number of nitrogens with zero attached hydrogens (tertiary/aromatic N) is 3. The van der Waals surface area contributed by atoms with Crippen LogP contribution in [0.4, 0.5) is 4.39 Å². The third-order valence-electron chi connectivity index (χ3n) is 6.74. The van der Waals surface area contributed by atoms with Crippen molar-refractivity contribution < 1.29 is 14.3 Å². The van der Waals surface area contributed by atoms with E-state index in [0.29, 0.717) is 23.6 Å². The minimum absolute atomic E-state index is 0.163. The van der Waals surface area contributed by atoms with Crippen molar-refractivity contribution in [2.75, 3.05) is 19.6 Å². The summed E-state index contributed by atoms with van der Waals surface area (Å²) in [5.74, 6) is -1.32. The van der Waals surface area contributed by atoms with Crippen molar-refractivity contribution in [3.8, 4) is 11.1 Å². The van der Waals surface area contributed by atoms with Gasteiger partial charge in [-0.2, -0.15) is 15.4 Å². The largest absolute Gasteiger partial charge is 0.481 e. The van der Waals surface area contributed by atoms with Gasteiger partial charge in [-0.05, 0) is 66.3 Å². The van der Waals surface area contributed by atoms with Crippen molar-refractivity contribution in [2.45, 2.75) is 39.5 Å². The van der Waals surface area contributed by atoms with Crippen LogP contribution in [0.5, 0.6) is 0 Å². The summed E-state index contributed by atoms with van der Waals surface area (Å²) in [7, 11) is 0. The Bertz CT molecular complexity index is 1130. The number of rotatable bonds is 11. The fourth-order valence-electron chi connectivity index (χ4n) is 5.13. The average molecular weight is 499 g/mol. The zero-order chi connectivity index (χ0) is 25.0. The number of aryl methyl sites for hydroxylation is 1. The van der Waals surface area contributed by atoms with Gasteiger partial charge in [-0.1, -0.05) is 49.7 Å². The summed E-state index contributed by atoms with van der Waals surface area (Å²) >= 11 is 6.05. The number of nitrogens with one attached hydrogen (secondary N) is 1. The van der Waals surface area contributed by atoms with Gasteiger partial charge < -0.3 is 10.0 Å². The molecule has 1 saturated heterocycles. The van der Waals surface area contributed by atoms with Crippen LogP contribution in [0.1, 0.15) is 37.9 Å². The number of benzene rings is 2. The fourth-order valence-corrected chi connectivity index (χ4v) is 5.31. The molecule has 2 atom stereocenters. The molecule has 4 rings (SSSR count). The molecule has 8 heteroatoms. The molecule has 0 bridgehead atoms. The minimum Gasteiger partial charge on any atom is -0.481 e. The van der Waals surface area contributed by atoms with E-state index >= 15 is 0 Å². The number of hydrogen-bond donors (Lipinski definition) is 2. The molecule has 3 aromatic rings. The number of carboxylic acid groups (broad SMARTS) is 1. The summed E-state index contributed by atoms with van der Waals surface area (Å²) in [6.07, 6.45) is 4.59. The fraction of sp³-hybridized carbons (Fsp3) is 0.444. The quantitative estimate of drug-likeness (QED) is 0.365. The predicted octanol–water partition coefficient (Wildman–Crippen LogP) is 5.49. The summed E-state index contributed by atoms with van der Waals surface area (Å²) in [5, 5.41) is 21.1. The second kappa shape index (κ2) is 10.9. The van der Waals surface area contributed by atoms with Crippen molar-refractivity contribution in [1.82, 2.24) is 20.3 Å². The lowest BCUT2D eigenvalue weighted by atomic mass is 9.81. The van der Waals surface area contributed by atoms with Gasteiger partial charge >= 0.3 is 5.97 Å². The van der Waals surface area contributed by atoms with Crippen LogP contribution in [0.15, 0.2) is 48.7 Å². The molecule has 1 aliphatic heterocycles. The molecule has 2 heterocycles. The van der Waals surface area contributed by atoms with Gasteiger partial charge in [0, 0.05) is 30.2 Å². The summed E-state index contributed by atoms with van der Waals surface area (Å²) in [4.78, 5) is 14.4. The molecule has 0 spiro atoms. The number of carbonyl (C=O) groups is 1. The molecular weight excluding hydrogens is 467 g/mol. The van der Waals surface area contributed by atoms with Crippen molar-refractivity contribution in [3.05, 3.63) is 70.8 Å². The highest BCUT2D eigenvalue weighted by Crippen LogP contribution is 2.32. The first-order valence-corrected chi connectivity index (χ1v) is 12.4. The Morgan fingerprint density at radius 2 is 1.97 bits per heavy atom. The molecule has 186 valence electrons. The Balaban J connectivity index is 1.46. The van der Waals surface area contributed by atoms with Crippen LogP contribution in [0.25, 0.3) is 11.1 Å². The van der Waals surface area contributed by atoms with Gasteiger partial charge in [-0.25, -0.2) is 4.39 Å². The predicted molar refractivity (Wildman–Crippen MR) is 135 cm³/mol. The van der Waals surface area contributed by atoms with Crippen LogP contribution in [-0.2, 0) is 17.6 Å². The molecule has 2 aromatic carbocycles. The van der Waals surface area contributed by atoms with Gasteiger partial charge in [-0.15, -0.1) is 0 Å². The van der Waals surface area contributed by atoms with Crippen LogP contribution in [0.2, 0.25) is 5.02 Å². The van der Waals surface area contributed by atoms with E-state index in [0.717, 1.165) is 49.2 Å². The number of aromatic amines is 1. The summed E-state index contributed by atoms with van der Waals surface area (Å²) in [5.41, 5.74) is 3.46. The zero-order valence-corrected chi connectivity index (χ0v) is 20.9. The van der Waals surface area contributed by atoms with Crippen LogP contribution in [-0.4, -0.2) is 51.0 Å². The maximum atomic E-state index is 14.3. The molecule has 0 radical (unpaired) electrons. The standard InChI is InChI=1S/C27H32ClFN4O2/c1-27(2)16-33(17-27)15-21(26(34)35)12-19(5-9-23-14-30-32-31-23)11-18-3-6-20(7-4-18)24-13-22(28)8-10-25(24)29/h3-4,6-8,10,13-14,19,21H,5,9,11-12,15-17H2,1-2H3,(H,34,35)(H,30,31,32)/t19-,21+/m1/s1. The number of aromatic nitrogens is 3. The summed E-state index contributed by atoms with van der Waals surface area (Å²) < 4.78 is 14.3. The van der Waals surface area contributed by atoms with Crippen molar-refractivity contribution >= 4 is 17.6 Å². The lowest BCUT2D eigenvalue weighted by molar-refractivity contribution is -0.144. The third-order valence-corrected chi connectivity index (χ3v) is 6.98. The monoisotopic (exact) mass is 498 g/mol. The lowest BCUT2D eigenvalue weighted by Crippen LogP contribution is -2.54. The number of H-pyrrole nitrogens is 1. The Labute approximate surface area is 210 Å². The Morgan fingerprint density at radius 3 is 2.60 bits per heavy atom. The van der Waals surface area contributed by atoms with Gasteiger partial charge in [0.15, 0.2) is 0 Å². The summed E-state index contributed by atoms with van der Waals surface area (Å²) in [6.45, 7) is 6.86. The molecule has 0 aliphatic carbocycles. The highest BCUT2D eigenvalue weighted by Gasteiger charge is 2.36. The molecule has 0 amide bonds. The van der Waals surface area contributed by atoms with E-state index < -0.39 is 11.9 Å². The van der Waals surface area contributed by atoms with E-state index in [1.165, 1.54) is 12.1 Å². The van der Waals surface area contributed by atoms with Crippen LogP contribution >= 0.6 is 11.6 Å². The SMILES string of the molecule is CC1(C)CN(C[C@H](C[C@H](CCc2cn[nH]n2)Cc2ccc(-c3cc(Cl)ccc3F)cc2)C(=O)O)C1. The van der Waals surface area contributed by atoms with E-state index in [4.69, 9.17) is 11.6 Å². The van der Waals surface area contributed by atoms with E-state index in [1.54, 1.807) is 12.3 Å². The number of halogens is 2. The highest BCUT2D eigenvalue weighted by molar-refractivity contribution is 6.30. The van der Waals surface area contributed by atoms with Crippen LogP contribution in [0, 0.1) is 23.1 Å². The minimum atomic E-state index is -0.743. The number of carboxylic acids is 1. The van der Waals surface area contributed by atoms with E-state index in [-0.39, 0.29) is 17.2 Å². The van der Waals surface area contributed by atoms with Gasteiger partial charge in [-0.3, -0.25) is 4.79 Å². The number of likely N-dealkylation sites (tertiary alicyclic amines) is 1. The smallest absolute Gasteiger partial charge is 0.307 e. The normalized spacial score (nSPS) is 17.0. The Kier molecular flexibility index (Phi) is 7.87. The zero-order valence-electron chi connectivity index (χ0n) is 20.2. The second-order valence-electron chi connectivity index (χ2n) is 10.5. The highest BCUT2D eigenvalue weighted by atomic mass is 35.5. The molecular formula is C27H32ClFN4O2. The molecule has 6 nitrogen and oxygen atoms in total. The Morgan fingerprint density at radius 1 is 1.23 bits per heavy atom. The van der Waals surface area contributed by atoms with Gasteiger partial charge in [0.2, 0.25) is 0 Å². The molecule has 1 aliphatic rings. The van der Waals surface area contributed by atoms with E-state index in [1.807, 2.05) is 24.3 Å². The third kappa shape index (κ3) is 6.89. The van der Waals surface area contributed by atoms with Crippen molar-refractivity contribution in [1.29, 1.82) is 0 Å². The first-order valence-electron chi connectivity index (χ1n) is 12.0. The number of hydrogen-bond acceptors (Lipinski definition) is 4. The van der Waals surface area contributed by atoms with Crippen molar-refractivity contribution in [2.24, 2.45) is 17.3 Å². The van der Waals surface area contributed by atoms with E-state index in [9.17, 15) is 14.3 Å². The maximum Gasteiger partial charge on any atom is 0.307 e. The average Bonchev–Trinajstić information content (AvgIpc) is 3.31. The van der Waals surface area contributed by atoms with Crippen LogP contribution < -0.4 is 0 Å². The maximum absolute atomic E-state index is 14.3. The van der Waals surface area contributed by atoms with Gasteiger partial charge in [0.25, 0.3) is 0 Å². The molecule has 1 fully saturated rings. The molecule has 2 N–H and O–H groups in total. The van der Waals surface area contributed by atoms with Gasteiger partial charge in [0.05, 0.1) is 17.8 Å². The topological polar surface area (TPSA) is 82.1 Å². The first-order chi connectivity index (χ1) is 16.7. The molecule has 35 heavy (non-hydrogen) atoms. The first kappa shape index (κ1) is 25.3. The Hall–Kier alpha value is -2.77. The second-order valence-corrected chi connectivity index (χ2v) is 10.9. The number of aliphatic carboxylic acids is 1. The molecule has 0 unspecified atom stereocenters. The summed E-state index contributed by atoms with van der Waals surface area (Å²) in [6, 6.07) is 12.3. The molecule has 0 saturated carbocycles. The van der Waals surface area contributed by atoms with E-state index in [2.05, 4.69) is 34.2 Å².